The number of carboxylic acid groups (broad SMARTS) is 1. The Kier molecular flexibility index (Phi) is 4.11. The fourth-order valence-corrected chi connectivity index (χ4v) is 2.32. The van der Waals surface area contributed by atoms with Gasteiger partial charge in [-0.25, -0.2) is 0 Å². The van der Waals surface area contributed by atoms with Gasteiger partial charge in [0.1, 0.15) is 6.04 Å². The Morgan fingerprint density at radius 2 is 2.50 bits per heavy atom. The number of rotatable bonds is 6. The summed E-state index contributed by atoms with van der Waals surface area (Å²) in [5.74, 6) is -0.887. The van der Waals surface area contributed by atoms with Crippen LogP contribution in [0.25, 0.3) is 0 Å². The van der Waals surface area contributed by atoms with Gasteiger partial charge in [0.05, 0.1) is 6.20 Å². The zero-order valence-corrected chi connectivity index (χ0v) is 10.9. The maximum atomic E-state index is 11.3. The van der Waals surface area contributed by atoms with E-state index in [2.05, 4.69) is 10.4 Å². The fraction of sp³-hybridized carbons (Fsp3) is 0.333. The van der Waals surface area contributed by atoms with Crippen molar-refractivity contribution in [2.45, 2.75) is 26.1 Å². The molecule has 1 atom stereocenters. The first-order chi connectivity index (χ1) is 8.70. The number of hydrogen-bond donors (Lipinski definition) is 2. The Morgan fingerprint density at radius 3 is 3.06 bits per heavy atom. The van der Waals surface area contributed by atoms with Crippen molar-refractivity contribution in [1.29, 1.82) is 0 Å². The van der Waals surface area contributed by atoms with Crippen molar-refractivity contribution in [3.05, 3.63) is 40.3 Å². The van der Waals surface area contributed by atoms with E-state index in [4.69, 9.17) is 0 Å². The molecule has 1 unspecified atom stereocenters. The smallest absolute Gasteiger partial charge is 0.325 e. The van der Waals surface area contributed by atoms with Gasteiger partial charge >= 0.3 is 5.97 Å². The molecule has 2 aromatic heterocycles. The van der Waals surface area contributed by atoms with Crippen LogP contribution >= 0.6 is 11.3 Å². The van der Waals surface area contributed by atoms with Crippen molar-refractivity contribution in [2.75, 3.05) is 0 Å². The van der Waals surface area contributed by atoms with Crippen LogP contribution in [0.15, 0.2) is 29.9 Å². The minimum Gasteiger partial charge on any atom is -0.480 e. The molecule has 0 bridgehead atoms. The summed E-state index contributed by atoms with van der Waals surface area (Å²) >= 11 is 1.61. The molecular weight excluding hydrogens is 250 g/mol. The number of carboxylic acids is 1. The molecule has 2 heterocycles. The summed E-state index contributed by atoms with van der Waals surface area (Å²) in [5.41, 5.74) is 0.681. The van der Waals surface area contributed by atoms with Crippen molar-refractivity contribution in [3.8, 4) is 0 Å². The van der Waals surface area contributed by atoms with E-state index in [0.717, 1.165) is 11.4 Å². The van der Waals surface area contributed by atoms with Crippen LogP contribution in [0.3, 0.4) is 0 Å². The number of aliphatic carboxylic acids is 1. The average Bonchev–Trinajstić information content (AvgIpc) is 2.99. The molecule has 0 radical (unpaired) electrons. The third-order valence-electron chi connectivity index (χ3n) is 2.62. The Labute approximate surface area is 109 Å². The second kappa shape index (κ2) is 5.79. The molecule has 0 aromatic carbocycles. The lowest BCUT2D eigenvalue weighted by Gasteiger charge is -2.11. The van der Waals surface area contributed by atoms with E-state index in [9.17, 15) is 9.90 Å². The van der Waals surface area contributed by atoms with Crippen molar-refractivity contribution >= 4 is 17.3 Å². The molecule has 5 nitrogen and oxygen atoms in total. The summed E-state index contributed by atoms with van der Waals surface area (Å²) in [6, 6.07) is 3.21. The van der Waals surface area contributed by atoms with Crippen LogP contribution in [-0.2, 0) is 17.9 Å². The maximum Gasteiger partial charge on any atom is 0.325 e. The molecule has 0 fully saturated rings. The van der Waals surface area contributed by atoms with Gasteiger partial charge in [0, 0.05) is 29.7 Å². The summed E-state index contributed by atoms with van der Waals surface area (Å²) in [6.45, 7) is 3.24. The van der Waals surface area contributed by atoms with Gasteiger partial charge in [-0.15, -0.1) is 11.3 Å². The van der Waals surface area contributed by atoms with Crippen LogP contribution in [0, 0.1) is 0 Å². The Bertz CT molecular complexity index is 507. The van der Waals surface area contributed by atoms with Gasteiger partial charge in [-0.1, -0.05) is 6.07 Å². The van der Waals surface area contributed by atoms with Gasteiger partial charge in [-0.2, -0.15) is 5.10 Å². The number of carbonyl (C=O) groups is 1. The third-order valence-corrected chi connectivity index (χ3v) is 3.49. The number of nitrogens with one attached hydrogen (secondary N) is 1. The molecule has 2 rings (SSSR count). The number of aromatic nitrogens is 2. The predicted octanol–water partition coefficient (Wildman–Crippen LogP) is 1.88. The summed E-state index contributed by atoms with van der Waals surface area (Å²) in [5, 5.41) is 18.3. The fourth-order valence-electron chi connectivity index (χ4n) is 1.67. The molecule has 96 valence electrons. The largest absolute Gasteiger partial charge is 0.480 e. The summed E-state index contributed by atoms with van der Waals surface area (Å²) in [4.78, 5) is 12.4. The molecule has 2 N–H and O–H groups in total. The summed E-state index contributed by atoms with van der Waals surface area (Å²) in [7, 11) is 0. The Balaban J connectivity index is 2.06. The molecule has 2 aromatic rings. The van der Waals surface area contributed by atoms with E-state index in [1.54, 1.807) is 28.4 Å². The number of thiophene rings is 1. The van der Waals surface area contributed by atoms with E-state index in [1.807, 2.05) is 24.4 Å². The molecule has 0 amide bonds. The van der Waals surface area contributed by atoms with Crippen LogP contribution in [0.1, 0.15) is 23.4 Å². The first-order valence-electron chi connectivity index (χ1n) is 5.71. The molecule has 0 aliphatic carbocycles. The molecule has 0 saturated carbocycles. The van der Waals surface area contributed by atoms with E-state index >= 15 is 0 Å². The molecule has 0 saturated heterocycles. The first-order valence-corrected chi connectivity index (χ1v) is 6.59. The maximum absolute atomic E-state index is 11.3. The van der Waals surface area contributed by atoms with Gasteiger partial charge in [-0.3, -0.25) is 14.8 Å². The van der Waals surface area contributed by atoms with E-state index in [1.165, 1.54) is 0 Å². The zero-order chi connectivity index (χ0) is 13.0. The second-order valence-corrected chi connectivity index (χ2v) is 4.89. The van der Waals surface area contributed by atoms with E-state index in [0.29, 0.717) is 12.1 Å². The normalized spacial score (nSPS) is 12.5. The quantitative estimate of drug-likeness (QED) is 0.837. The van der Waals surface area contributed by atoms with Crippen LogP contribution in [0.2, 0.25) is 0 Å². The Hall–Kier alpha value is -1.66. The number of aryl methyl sites for hydroxylation is 1. The van der Waals surface area contributed by atoms with Crippen molar-refractivity contribution in [2.24, 2.45) is 0 Å². The lowest BCUT2D eigenvalue weighted by molar-refractivity contribution is -0.139. The first kappa shape index (κ1) is 12.8. The van der Waals surface area contributed by atoms with Gasteiger partial charge < -0.3 is 5.11 Å². The van der Waals surface area contributed by atoms with Crippen molar-refractivity contribution < 1.29 is 9.90 Å². The molecule has 18 heavy (non-hydrogen) atoms. The SMILES string of the molecule is CCn1cc(C(NCc2cccs2)C(=O)O)cn1. The lowest BCUT2D eigenvalue weighted by Crippen LogP contribution is -2.27. The Morgan fingerprint density at radius 1 is 1.67 bits per heavy atom. The molecule has 0 aliphatic rings. The molecule has 0 aliphatic heterocycles. The van der Waals surface area contributed by atoms with Gasteiger partial charge in [0.25, 0.3) is 0 Å². The lowest BCUT2D eigenvalue weighted by atomic mass is 10.1. The highest BCUT2D eigenvalue weighted by Gasteiger charge is 2.20. The highest BCUT2D eigenvalue weighted by Crippen LogP contribution is 2.15. The van der Waals surface area contributed by atoms with Gasteiger partial charge in [-0.05, 0) is 18.4 Å². The molecular formula is C12H15N3O2S. The number of nitrogens with zero attached hydrogens (tertiary/aromatic N) is 2. The monoisotopic (exact) mass is 265 g/mol. The summed E-state index contributed by atoms with van der Waals surface area (Å²) < 4.78 is 1.72. The van der Waals surface area contributed by atoms with Crippen molar-refractivity contribution in [3.63, 3.8) is 0 Å². The predicted molar refractivity (Wildman–Crippen MR) is 69.4 cm³/mol. The average molecular weight is 265 g/mol. The third kappa shape index (κ3) is 2.96. The molecule has 6 heteroatoms. The van der Waals surface area contributed by atoms with Crippen LogP contribution < -0.4 is 5.32 Å². The van der Waals surface area contributed by atoms with Crippen LogP contribution in [0.4, 0.5) is 0 Å². The van der Waals surface area contributed by atoms with E-state index in [-0.39, 0.29) is 0 Å². The standard InChI is InChI=1S/C12H15N3O2S/c1-2-15-8-9(6-14-15)11(12(16)17)13-7-10-4-3-5-18-10/h3-6,8,11,13H,2,7H2,1H3,(H,16,17). The van der Waals surface area contributed by atoms with Crippen molar-refractivity contribution in [1.82, 2.24) is 15.1 Å². The minimum absolute atomic E-state index is 0.548. The van der Waals surface area contributed by atoms with Crippen LogP contribution in [-0.4, -0.2) is 20.9 Å². The topological polar surface area (TPSA) is 67.2 Å². The molecule has 0 spiro atoms. The second-order valence-electron chi connectivity index (χ2n) is 3.86. The van der Waals surface area contributed by atoms with E-state index < -0.39 is 12.0 Å². The van der Waals surface area contributed by atoms with Gasteiger partial charge in [0.2, 0.25) is 0 Å². The highest BCUT2D eigenvalue weighted by molar-refractivity contribution is 7.09. The zero-order valence-electron chi connectivity index (χ0n) is 10.0. The highest BCUT2D eigenvalue weighted by atomic mass is 32.1. The number of hydrogen-bond acceptors (Lipinski definition) is 4. The summed E-state index contributed by atoms with van der Waals surface area (Å²) in [6.07, 6.45) is 3.36. The minimum atomic E-state index is -0.887. The van der Waals surface area contributed by atoms with Gasteiger partial charge in [0.15, 0.2) is 0 Å². The van der Waals surface area contributed by atoms with Crippen LogP contribution in [0.5, 0.6) is 0 Å².